The number of hydrogen-bond acceptors (Lipinski definition) is 3. The van der Waals surface area contributed by atoms with Crippen molar-refractivity contribution in [3.8, 4) is 17.2 Å². The van der Waals surface area contributed by atoms with E-state index in [-0.39, 0.29) is 5.82 Å². The predicted molar refractivity (Wildman–Crippen MR) is 89.3 cm³/mol. The Morgan fingerprint density at radius 2 is 1.68 bits per heavy atom. The van der Waals surface area contributed by atoms with Gasteiger partial charge in [-0.3, -0.25) is 0 Å². The maximum atomic E-state index is 13.1. The van der Waals surface area contributed by atoms with E-state index in [0.717, 1.165) is 14.4 Å². The van der Waals surface area contributed by atoms with Gasteiger partial charge in [0.2, 0.25) is 0 Å². The van der Waals surface area contributed by atoms with E-state index in [1.807, 2.05) is 24.3 Å². The third kappa shape index (κ3) is 4.08. The van der Waals surface area contributed by atoms with E-state index >= 15 is 0 Å². The molecule has 0 aliphatic heterocycles. The van der Waals surface area contributed by atoms with Crippen LogP contribution in [0.4, 0.5) is 4.39 Å². The molecule has 112 valence electrons. The van der Waals surface area contributed by atoms with Crippen molar-refractivity contribution < 1.29 is 13.9 Å². The van der Waals surface area contributed by atoms with Crippen LogP contribution in [0.15, 0.2) is 64.5 Å². The molecule has 0 fully saturated rings. The summed E-state index contributed by atoms with van der Waals surface area (Å²) in [5, 5.41) is 0. The number of hydrogen-bond donors (Lipinski definition) is 0. The van der Waals surface area contributed by atoms with Gasteiger partial charge in [-0.25, -0.2) is 4.39 Å². The van der Waals surface area contributed by atoms with Crippen molar-refractivity contribution in [1.82, 2.24) is 0 Å². The van der Waals surface area contributed by atoms with Crippen LogP contribution in [0.1, 0.15) is 4.88 Å². The summed E-state index contributed by atoms with van der Waals surface area (Å²) in [5.41, 5.74) is 0. The van der Waals surface area contributed by atoms with E-state index < -0.39 is 0 Å². The van der Waals surface area contributed by atoms with Gasteiger partial charge in [-0.15, -0.1) is 11.3 Å². The standard InChI is InChI=1S/C17H12BrFO2S/c18-17-9-8-16(22-17)11-20-13-4-6-14(7-5-13)21-15-3-1-2-12(19)10-15/h1-10H,11H2. The highest BCUT2D eigenvalue weighted by Gasteiger charge is 2.02. The lowest BCUT2D eigenvalue weighted by molar-refractivity contribution is 0.309. The zero-order valence-corrected chi connectivity index (χ0v) is 13.9. The van der Waals surface area contributed by atoms with Crippen LogP contribution in [0.3, 0.4) is 0 Å². The van der Waals surface area contributed by atoms with Gasteiger partial charge in [0.1, 0.15) is 29.7 Å². The van der Waals surface area contributed by atoms with E-state index in [1.54, 1.807) is 35.6 Å². The van der Waals surface area contributed by atoms with Crippen LogP contribution in [0, 0.1) is 5.82 Å². The maximum absolute atomic E-state index is 13.1. The third-order valence-electron chi connectivity index (χ3n) is 2.87. The predicted octanol–water partition coefficient (Wildman–Crippen LogP) is 6.02. The van der Waals surface area contributed by atoms with Crippen LogP contribution >= 0.6 is 27.3 Å². The molecule has 2 aromatic carbocycles. The Balaban J connectivity index is 1.60. The summed E-state index contributed by atoms with van der Waals surface area (Å²) in [6.45, 7) is 0.528. The van der Waals surface area contributed by atoms with Gasteiger partial charge in [0.25, 0.3) is 0 Å². The molecule has 1 aromatic heterocycles. The molecule has 0 amide bonds. The number of thiophene rings is 1. The Morgan fingerprint density at radius 1 is 0.909 bits per heavy atom. The van der Waals surface area contributed by atoms with E-state index in [4.69, 9.17) is 9.47 Å². The fourth-order valence-electron chi connectivity index (χ4n) is 1.85. The zero-order valence-electron chi connectivity index (χ0n) is 11.5. The number of rotatable bonds is 5. The van der Waals surface area contributed by atoms with Crippen LogP contribution in [-0.2, 0) is 6.61 Å². The van der Waals surface area contributed by atoms with Crippen molar-refractivity contribution in [3.05, 3.63) is 75.1 Å². The van der Waals surface area contributed by atoms with Gasteiger partial charge in [-0.05, 0) is 64.5 Å². The summed E-state index contributed by atoms with van der Waals surface area (Å²) < 4.78 is 25.5. The van der Waals surface area contributed by atoms with Gasteiger partial charge >= 0.3 is 0 Å². The van der Waals surface area contributed by atoms with Gasteiger partial charge in [-0.2, -0.15) is 0 Å². The molecule has 0 radical (unpaired) electrons. The summed E-state index contributed by atoms with van der Waals surface area (Å²) in [6, 6.07) is 17.3. The molecular weight excluding hydrogens is 367 g/mol. The van der Waals surface area contributed by atoms with Crippen molar-refractivity contribution in [1.29, 1.82) is 0 Å². The Hall–Kier alpha value is -1.85. The first-order valence-electron chi connectivity index (χ1n) is 6.59. The van der Waals surface area contributed by atoms with E-state index in [1.165, 1.54) is 12.1 Å². The zero-order chi connectivity index (χ0) is 15.4. The SMILES string of the molecule is Fc1cccc(Oc2ccc(OCc3ccc(Br)s3)cc2)c1. The Morgan fingerprint density at radius 3 is 2.36 bits per heavy atom. The summed E-state index contributed by atoms with van der Waals surface area (Å²) in [4.78, 5) is 1.15. The lowest BCUT2D eigenvalue weighted by Gasteiger charge is -2.08. The highest BCUT2D eigenvalue weighted by Crippen LogP contribution is 2.26. The largest absolute Gasteiger partial charge is 0.488 e. The van der Waals surface area contributed by atoms with Crippen molar-refractivity contribution >= 4 is 27.3 Å². The van der Waals surface area contributed by atoms with Crippen LogP contribution in [0.25, 0.3) is 0 Å². The van der Waals surface area contributed by atoms with Crippen molar-refractivity contribution in [2.24, 2.45) is 0 Å². The summed E-state index contributed by atoms with van der Waals surface area (Å²) in [5.74, 6) is 1.55. The molecule has 5 heteroatoms. The van der Waals surface area contributed by atoms with Crippen LogP contribution in [0.5, 0.6) is 17.2 Å². The fraction of sp³-hybridized carbons (Fsp3) is 0.0588. The molecule has 0 bridgehead atoms. The molecule has 2 nitrogen and oxygen atoms in total. The van der Waals surface area contributed by atoms with Gasteiger partial charge in [0.15, 0.2) is 0 Å². The molecule has 0 atom stereocenters. The summed E-state index contributed by atoms with van der Waals surface area (Å²) >= 11 is 5.07. The Bertz CT molecular complexity index is 755. The van der Waals surface area contributed by atoms with Gasteiger partial charge < -0.3 is 9.47 Å². The first kappa shape index (κ1) is 15.1. The average Bonchev–Trinajstić information content (AvgIpc) is 2.92. The molecule has 3 rings (SSSR count). The second-order valence-electron chi connectivity index (χ2n) is 4.53. The minimum Gasteiger partial charge on any atom is -0.488 e. The third-order valence-corrected chi connectivity index (χ3v) is 4.46. The minimum absolute atomic E-state index is 0.320. The summed E-state index contributed by atoms with van der Waals surface area (Å²) in [6.07, 6.45) is 0. The number of ether oxygens (including phenoxy) is 2. The molecule has 1 heterocycles. The molecule has 0 aliphatic carbocycles. The van der Waals surface area contributed by atoms with Crippen LogP contribution < -0.4 is 9.47 Å². The lowest BCUT2D eigenvalue weighted by Crippen LogP contribution is -1.92. The molecule has 0 aliphatic rings. The molecule has 0 N–H and O–H groups in total. The average molecular weight is 379 g/mol. The first-order chi connectivity index (χ1) is 10.7. The van der Waals surface area contributed by atoms with Crippen LogP contribution in [-0.4, -0.2) is 0 Å². The molecule has 22 heavy (non-hydrogen) atoms. The fourth-order valence-corrected chi connectivity index (χ4v) is 3.25. The minimum atomic E-state index is -0.320. The normalized spacial score (nSPS) is 10.5. The number of benzene rings is 2. The quantitative estimate of drug-likeness (QED) is 0.540. The topological polar surface area (TPSA) is 18.5 Å². The van der Waals surface area contributed by atoms with Gasteiger partial charge in [0, 0.05) is 10.9 Å². The highest BCUT2D eigenvalue weighted by molar-refractivity contribution is 9.11. The van der Waals surface area contributed by atoms with Crippen LogP contribution in [0.2, 0.25) is 0 Å². The second kappa shape index (κ2) is 6.94. The van der Waals surface area contributed by atoms with Crippen molar-refractivity contribution in [2.45, 2.75) is 6.61 Å². The highest BCUT2D eigenvalue weighted by atomic mass is 79.9. The lowest BCUT2D eigenvalue weighted by atomic mass is 10.3. The molecule has 0 saturated heterocycles. The van der Waals surface area contributed by atoms with Gasteiger partial charge in [0.05, 0.1) is 3.79 Å². The molecule has 3 aromatic rings. The first-order valence-corrected chi connectivity index (χ1v) is 8.20. The number of halogens is 2. The molecule has 0 saturated carbocycles. The summed E-state index contributed by atoms with van der Waals surface area (Å²) in [7, 11) is 0. The Kier molecular flexibility index (Phi) is 4.75. The molecular formula is C17H12BrFO2S. The van der Waals surface area contributed by atoms with Crippen molar-refractivity contribution in [3.63, 3.8) is 0 Å². The molecule has 0 unspecified atom stereocenters. The van der Waals surface area contributed by atoms with E-state index in [2.05, 4.69) is 15.9 Å². The molecule has 0 spiro atoms. The van der Waals surface area contributed by atoms with Gasteiger partial charge in [-0.1, -0.05) is 6.07 Å². The smallest absolute Gasteiger partial charge is 0.130 e. The monoisotopic (exact) mass is 378 g/mol. The Labute approximate surface area is 140 Å². The van der Waals surface area contributed by atoms with E-state index in [9.17, 15) is 4.39 Å². The maximum Gasteiger partial charge on any atom is 0.130 e. The second-order valence-corrected chi connectivity index (χ2v) is 7.07. The van der Waals surface area contributed by atoms with E-state index in [0.29, 0.717) is 18.1 Å². The van der Waals surface area contributed by atoms with Crippen molar-refractivity contribution in [2.75, 3.05) is 0 Å².